The molecular weight excluding hydrogens is 482 g/mol. The van der Waals surface area contributed by atoms with Crippen LogP contribution in [0.4, 0.5) is 18.9 Å². The van der Waals surface area contributed by atoms with E-state index in [-0.39, 0.29) is 30.2 Å². The van der Waals surface area contributed by atoms with E-state index >= 15 is 0 Å². The summed E-state index contributed by atoms with van der Waals surface area (Å²) in [6.07, 6.45) is -4.95. The molecule has 0 saturated carbocycles. The number of carbonyl (C=O) groups is 2. The molecule has 3 rings (SSSR count). The second-order valence-corrected chi connectivity index (χ2v) is 7.92. The van der Waals surface area contributed by atoms with Crippen molar-refractivity contribution in [1.29, 1.82) is 0 Å². The maximum Gasteiger partial charge on any atom is 0.416 e. The maximum absolute atomic E-state index is 14.1. The Bertz CT molecular complexity index is 1040. The molecule has 1 unspecified atom stereocenters. The number of amides is 2. The van der Waals surface area contributed by atoms with Gasteiger partial charge in [0.2, 0.25) is 5.91 Å². The third kappa shape index (κ3) is 4.82. The van der Waals surface area contributed by atoms with Crippen molar-refractivity contribution in [2.75, 3.05) is 31.1 Å². The third-order valence-corrected chi connectivity index (χ3v) is 5.96. The number of halogens is 5. The summed E-state index contributed by atoms with van der Waals surface area (Å²) in [6, 6.07) is 7.07. The summed E-state index contributed by atoms with van der Waals surface area (Å²) in [7, 11) is 0. The summed E-state index contributed by atoms with van der Waals surface area (Å²) >= 11 is 5.89. The van der Waals surface area contributed by atoms with Crippen molar-refractivity contribution in [1.82, 2.24) is 4.90 Å². The van der Waals surface area contributed by atoms with Crippen LogP contribution in [-0.4, -0.2) is 48.0 Å². The van der Waals surface area contributed by atoms with Crippen molar-refractivity contribution in [2.45, 2.75) is 25.6 Å². The standard InChI is InChI=1S/C22H23ClF3N3O3.ClH/c1-3-28(4-2)9-10-29-17-12-13(19(27)30)11-16(22(24,25)26)18(17)21(32,20(29)31)14-5-7-15(23)8-6-14;/h5-8,11-12,32H,3-4,9-10H2,1-2H3,(H2,27,30);1H. The minimum absolute atomic E-state index is 0. The van der Waals surface area contributed by atoms with Gasteiger partial charge in [0.05, 0.1) is 11.3 Å². The van der Waals surface area contributed by atoms with E-state index in [0.717, 1.165) is 11.0 Å². The van der Waals surface area contributed by atoms with Crippen molar-refractivity contribution in [2.24, 2.45) is 5.73 Å². The van der Waals surface area contributed by atoms with Crippen molar-refractivity contribution in [3.8, 4) is 0 Å². The Morgan fingerprint density at radius 3 is 2.24 bits per heavy atom. The highest BCUT2D eigenvalue weighted by atomic mass is 35.5. The number of benzene rings is 2. The molecule has 0 fully saturated rings. The summed E-state index contributed by atoms with van der Waals surface area (Å²) in [5.74, 6) is -2.01. The monoisotopic (exact) mass is 505 g/mol. The lowest BCUT2D eigenvalue weighted by Crippen LogP contribution is -2.44. The molecule has 0 aromatic heterocycles. The van der Waals surface area contributed by atoms with Gasteiger partial charge in [-0.3, -0.25) is 9.59 Å². The van der Waals surface area contributed by atoms with Crippen molar-refractivity contribution in [3.05, 3.63) is 63.7 Å². The molecule has 11 heteroatoms. The largest absolute Gasteiger partial charge is 0.416 e. The third-order valence-electron chi connectivity index (χ3n) is 5.71. The Morgan fingerprint density at radius 2 is 1.76 bits per heavy atom. The first-order valence-electron chi connectivity index (χ1n) is 10.0. The van der Waals surface area contributed by atoms with Crippen LogP contribution in [-0.2, 0) is 16.6 Å². The lowest BCUT2D eigenvalue weighted by molar-refractivity contribution is -0.142. The predicted molar refractivity (Wildman–Crippen MR) is 122 cm³/mol. The SMILES string of the molecule is CCN(CC)CCN1C(=O)C(O)(c2ccc(Cl)cc2)c2c1cc(C(N)=O)cc2C(F)(F)F.Cl. The normalized spacial score (nSPS) is 17.8. The van der Waals surface area contributed by atoms with Gasteiger partial charge in [-0.1, -0.05) is 37.6 Å². The van der Waals surface area contributed by atoms with Crippen LogP contribution in [0.3, 0.4) is 0 Å². The lowest BCUT2D eigenvalue weighted by atomic mass is 9.84. The number of nitrogens with two attached hydrogens (primary N) is 1. The molecule has 1 heterocycles. The molecular formula is C22H24Cl2F3N3O3. The summed E-state index contributed by atoms with van der Waals surface area (Å²) < 4.78 is 42.2. The molecule has 1 aliphatic rings. The van der Waals surface area contributed by atoms with E-state index in [4.69, 9.17) is 17.3 Å². The predicted octanol–water partition coefficient (Wildman–Crippen LogP) is 3.80. The molecule has 0 aliphatic carbocycles. The van der Waals surface area contributed by atoms with Crippen LogP contribution in [0.1, 0.15) is 40.9 Å². The molecule has 2 aromatic carbocycles. The first-order valence-corrected chi connectivity index (χ1v) is 10.4. The Balaban J connectivity index is 0.00000385. The van der Waals surface area contributed by atoms with Crippen LogP contribution in [0.5, 0.6) is 0 Å². The molecule has 2 aromatic rings. The number of hydrogen-bond donors (Lipinski definition) is 2. The van der Waals surface area contributed by atoms with Crippen LogP contribution >= 0.6 is 24.0 Å². The molecule has 0 spiro atoms. The zero-order valence-corrected chi connectivity index (χ0v) is 19.5. The number of alkyl halides is 3. The molecule has 0 saturated heterocycles. The first-order chi connectivity index (χ1) is 14.9. The highest BCUT2D eigenvalue weighted by Gasteiger charge is 2.55. The van der Waals surface area contributed by atoms with Gasteiger partial charge in [0.1, 0.15) is 0 Å². The Morgan fingerprint density at radius 1 is 1.18 bits per heavy atom. The van der Waals surface area contributed by atoms with E-state index in [2.05, 4.69) is 0 Å². The maximum atomic E-state index is 14.1. The quantitative estimate of drug-likeness (QED) is 0.598. The molecule has 3 N–H and O–H groups in total. The highest BCUT2D eigenvalue weighted by Crippen LogP contribution is 2.50. The van der Waals surface area contributed by atoms with Crippen LogP contribution in [0.2, 0.25) is 5.02 Å². The van der Waals surface area contributed by atoms with Gasteiger partial charge in [-0.05, 0) is 42.9 Å². The number of anilines is 1. The van der Waals surface area contributed by atoms with E-state index in [1.807, 2.05) is 18.7 Å². The fourth-order valence-corrected chi connectivity index (χ4v) is 4.09. The molecule has 6 nitrogen and oxygen atoms in total. The van der Waals surface area contributed by atoms with Gasteiger partial charge in [-0.25, -0.2) is 0 Å². The van der Waals surface area contributed by atoms with Crippen molar-refractivity contribution in [3.63, 3.8) is 0 Å². The summed E-state index contributed by atoms with van der Waals surface area (Å²) in [4.78, 5) is 28.3. The van der Waals surface area contributed by atoms with E-state index in [0.29, 0.717) is 30.7 Å². The van der Waals surface area contributed by atoms with Gasteiger partial charge in [0.25, 0.3) is 5.91 Å². The molecule has 0 bridgehead atoms. The molecule has 180 valence electrons. The number of primary amides is 1. The minimum atomic E-state index is -4.95. The Labute approximate surface area is 200 Å². The number of likely N-dealkylation sites (N-methyl/N-ethyl adjacent to an activating group) is 1. The van der Waals surface area contributed by atoms with Crippen molar-refractivity contribution < 1.29 is 27.9 Å². The van der Waals surface area contributed by atoms with E-state index in [9.17, 15) is 27.9 Å². The average molecular weight is 506 g/mol. The van der Waals surface area contributed by atoms with E-state index < -0.39 is 40.3 Å². The number of hydrogen-bond acceptors (Lipinski definition) is 4. The highest BCUT2D eigenvalue weighted by molar-refractivity contribution is 6.30. The zero-order chi connectivity index (χ0) is 23.8. The van der Waals surface area contributed by atoms with Gasteiger partial charge in [-0.2, -0.15) is 13.2 Å². The number of rotatable bonds is 7. The molecule has 2 amide bonds. The second kappa shape index (κ2) is 9.89. The molecule has 0 radical (unpaired) electrons. The van der Waals surface area contributed by atoms with Crippen LogP contribution < -0.4 is 10.6 Å². The minimum Gasteiger partial charge on any atom is -0.372 e. The van der Waals surface area contributed by atoms with Gasteiger partial charge >= 0.3 is 6.18 Å². The summed E-state index contributed by atoms with van der Waals surface area (Å²) in [5.41, 5.74) is 0.0873. The van der Waals surface area contributed by atoms with Crippen LogP contribution in [0.25, 0.3) is 0 Å². The van der Waals surface area contributed by atoms with E-state index in [1.54, 1.807) is 0 Å². The number of fused-ring (bicyclic) bond motifs is 1. The van der Waals surface area contributed by atoms with Gasteiger partial charge < -0.3 is 20.6 Å². The van der Waals surface area contributed by atoms with Gasteiger partial charge in [0, 0.05) is 29.2 Å². The Kier molecular flexibility index (Phi) is 8.06. The number of aliphatic hydroxyl groups is 1. The lowest BCUT2D eigenvalue weighted by Gasteiger charge is -2.26. The smallest absolute Gasteiger partial charge is 0.372 e. The average Bonchev–Trinajstić information content (AvgIpc) is 2.96. The fraction of sp³-hybridized carbons (Fsp3) is 0.364. The Hall–Kier alpha value is -2.33. The zero-order valence-electron chi connectivity index (χ0n) is 17.9. The van der Waals surface area contributed by atoms with Crippen molar-refractivity contribution >= 4 is 41.5 Å². The van der Waals surface area contributed by atoms with Crippen LogP contribution in [0.15, 0.2) is 36.4 Å². The second-order valence-electron chi connectivity index (χ2n) is 7.48. The van der Waals surface area contributed by atoms with Crippen LogP contribution in [0, 0.1) is 0 Å². The number of nitrogens with zero attached hydrogens (tertiary/aromatic N) is 2. The summed E-state index contributed by atoms with van der Waals surface area (Å²) in [6.45, 7) is 5.55. The molecule has 1 atom stereocenters. The fourth-order valence-electron chi connectivity index (χ4n) is 3.96. The van der Waals surface area contributed by atoms with Gasteiger partial charge in [-0.15, -0.1) is 12.4 Å². The topological polar surface area (TPSA) is 86.9 Å². The molecule has 1 aliphatic heterocycles. The summed E-state index contributed by atoms with van der Waals surface area (Å²) in [5, 5.41) is 11.8. The first kappa shape index (κ1) is 26.9. The van der Waals surface area contributed by atoms with Gasteiger partial charge in [0.15, 0.2) is 5.60 Å². The van der Waals surface area contributed by atoms with E-state index in [1.165, 1.54) is 24.3 Å². The molecule has 33 heavy (non-hydrogen) atoms. The number of carbonyl (C=O) groups excluding carboxylic acids is 2.